The summed E-state index contributed by atoms with van der Waals surface area (Å²) in [5, 5.41) is 2.77. The van der Waals surface area contributed by atoms with E-state index in [1.165, 1.54) is 6.21 Å². The van der Waals surface area contributed by atoms with Crippen LogP contribution in [-0.2, 0) is 4.79 Å². The van der Waals surface area contributed by atoms with Crippen LogP contribution in [0.1, 0.15) is 32.6 Å². The van der Waals surface area contributed by atoms with Crippen molar-refractivity contribution in [2.75, 3.05) is 6.54 Å². The fraction of sp³-hybridized carbons (Fsp3) is 0.600. The number of nitrogens with zero attached hydrogens (tertiary/aromatic N) is 2. The van der Waals surface area contributed by atoms with Crippen LogP contribution in [0.15, 0.2) is 9.98 Å². The molecule has 0 saturated carbocycles. The summed E-state index contributed by atoms with van der Waals surface area (Å²) in [6, 6.07) is -0.524. The highest BCUT2D eigenvalue weighted by Crippen LogP contribution is 1.97. The average Bonchev–Trinajstić information content (AvgIpc) is 2.59. The van der Waals surface area contributed by atoms with Crippen LogP contribution in [0, 0.1) is 0 Å². The van der Waals surface area contributed by atoms with Crippen molar-refractivity contribution in [3.8, 4) is 0 Å². The molecule has 0 aromatic rings. The van der Waals surface area contributed by atoms with Crippen LogP contribution in [-0.4, -0.2) is 30.4 Å². The third-order valence-electron chi connectivity index (χ3n) is 2.01. The number of unbranched alkanes of at least 4 members (excludes halogenated alkanes) is 2. The number of aliphatic imine (C=N–C) groups is 2. The minimum absolute atomic E-state index is 0.106. The summed E-state index contributed by atoms with van der Waals surface area (Å²) in [5.74, 6) is -0.106. The topological polar surface area (TPSA) is 70.9 Å². The lowest BCUT2D eigenvalue weighted by atomic mass is 10.2. The van der Waals surface area contributed by atoms with Crippen LogP contribution in [0.2, 0.25) is 0 Å². The highest BCUT2D eigenvalue weighted by Gasteiger charge is 2.11. The molecule has 1 rings (SSSR count). The van der Waals surface area contributed by atoms with Gasteiger partial charge in [-0.3, -0.25) is 4.79 Å². The van der Waals surface area contributed by atoms with Gasteiger partial charge < -0.3 is 5.32 Å². The fourth-order valence-electron chi connectivity index (χ4n) is 1.23. The van der Waals surface area contributed by atoms with E-state index in [2.05, 4.69) is 22.2 Å². The van der Waals surface area contributed by atoms with Gasteiger partial charge in [-0.25, -0.2) is 4.79 Å². The molecule has 5 nitrogen and oxygen atoms in total. The van der Waals surface area contributed by atoms with E-state index in [1.807, 2.05) is 0 Å². The van der Waals surface area contributed by atoms with E-state index in [0.717, 1.165) is 19.3 Å². The van der Waals surface area contributed by atoms with Gasteiger partial charge in [0.25, 0.3) is 0 Å². The van der Waals surface area contributed by atoms with Gasteiger partial charge in [-0.2, -0.15) is 9.98 Å². The van der Waals surface area contributed by atoms with Gasteiger partial charge in [-0.05, 0) is 6.42 Å². The van der Waals surface area contributed by atoms with E-state index in [9.17, 15) is 9.59 Å². The number of carbonyl (C=O) groups is 2. The molecule has 0 bridgehead atoms. The summed E-state index contributed by atoms with van der Waals surface area (Å²) in [4.78, 5) is 28.9. The molecule has 15 heavy (non-hydrogen) atoms. The molecule has 3 amide bonds. The molecule has 1 aliphatic heterocycles. The van der Waals surface area contributed by atoms with Crippen molar-refractivity contribution in [3.05, 3.63) is 0 Å². The Bertz CT molecular complexity index is 308. The van der Waals surface area contributed by atoms with Gasteiger partial charge in [0, 0.05) is 6.54 Å². The van der Waals surface area contributed by atoms with Crippen LogP contribution >= 0.6 is 0 Å². The Morgan fingerprint density at radius 1 is 1.47 bits per heavy atom. The van der Waals surface area contributed by atoms with Crippen molar-refractivity contribution in [2.45, 2.75) is 32.6 Å². The number of hydrogen-bond acceptors (Lipinski definition) is 2. The molecule has 1 N–H and O–H groups in total. The smallest absolute Gasteiger partial charge is 0.356 e. The minimum Gasteiger partial charge on any atom is -0.356 e. The predicted octanol–water partition coefficient (Wildman–Crippen LogP) is 1.33. The first-order chi connectivity index (χ1) is 7.22. The van der Waals surface area contributed by atoms with Crippen LogP contribution < -0.4 is 5.32 Å². The zero-order chi connectivity index (χ0) is 11.1. The molecule has 0 atom stereocenters. The average molecular weight is 209 g/mol. The van der Waals surface area contributed by atoms with Gasteiger partial charge in [0.05, 0.1) is 18.3 Å². The van der Waals surface area contributed by atoms with Crippen LogP contribution in [0.5, 0.6) is 0 Å². The molecule has 0 saturated heterocycles. The molecule has 0 aromatic carbocycles. The summed E-state index contributed by atoms with van der Waals surface area (Å²) in [6.45, 7) is 2.79. The first-order valence-electron chi connectivity index (χ1n) is 5.14. The van der Waals surface area contributed by atoms with E-state index >= 15 is 0 Å². The monoisotopic (exact) mass is 209 g/mol. The van der Waals surface area contributed by atoms with Crippen molar-refractivity contribution in [1.29, 1.82) is 0 Å². The Kier molecular flexibility index (Phi) is 4.66. The van der Waals surface area contributed by atoms with E-state index in [4.69, 9.17) is 0 Å². The van der Waals surface area contributed by atoms with E-state index in [1.54, 1.807) is 0 Å². The van der Waals surface area contributed by atoms with Gasteiger partial charge in [-0.1, -0.05) is 19.8 Å². The van der Waals surface area contributed by atoms with Gasteiger partial charge in [0.15, 0.2) is 0 Å². The molecule has 0 fully saturated rings. The quantitative estimate of drug-likeness (QED) is 0.670. The Morgan fingerprint density at radius 2 is 2.27 bits per heavy atom. The second-order valence-electron chi connectivity index (χ2n) is 3.38. The second kappa shape index (κ2) is 6.06. The summed E-state index contributed by atoms with van der Waals surface area (Å²) in [5.41, 5.74) is 0.438. The molecule has 1 aliphatic rings. The molecule has 1 heterocycles. The maximum atomic E-state index is 11.3. The SMILES string of the molecule is CCCCCNC(=O)CC1=NC(=O)N=C1. The van der Waals surface area contributed by atoms with Crippen molar-refractivity contribution >= 4 is 23.9 Å². The molecular formula is C10H15N3O2. The number of carbonyl (C=O) groups excluding carboxylic acids is 2. The van der Waals surface area contributed by atoms with E-state index in [-0.39, 0.29) is 12.3 Å². The minimum atomic E-state index is -0.524. The number of amides is 3. The van der Waals surface area contributed by atoms with Crippen molar-refractivity contribution < 1.29 is 9.59 Å². The fourth-order valence-corrected chi connectivity index (χ4v) is 1.23. The van der Waals surface area contributed by atoms with Gasteiger partial charge in [0.2, 0.25) is 5.91 Å². The Balaban J connectivity index is 2.16. The molecular weight excluding hydrogens is 194 g/mol. The Morgan fingerprint density at radius 3 is 2.87 bits per heavy atom. The van der Waals surface area contributed by atoms with Gasteiger partial charge in [0.1, 0.15) is 0 Å². The Labute approximate surface area is 88.7 Å². The third kappa shape index (κ3) is 4.49. The maximum absolute atomic E-state index is 11.3. The molecule has 0 radical (unpaired) electrons. The highest BCUT2D eigenvalue weighted by atomic mass is 16.2. The number of urea groups is 1. The zero-order valence-corrected chi connectivity index (χ0v) is 8.82. The number of hydrogen-bond donors (Lipinski definition) is 1. The molecule has 5 heteroatoms. The van der Waals surface area contributed by atoms with Crippen LogP contribution in [0.3, 0.4) is 0 Å². The third-order valence-corrected chi connectivity index (χ3v) is 2.01. The van der Waals surface area contributed by atoms with Crippen molar-refractivity contribution in [1.82, 2.24) is 5.32 Å². The first kappa shape index (κ1) is 11.6. The maximum Gasteiger partial charge on any atom is 0.367 e. The number of rotatable bonds is 6. The summed E-state index contributed by atoms with van der Waals surface area (Å²) >= 11 is 0. The van der Waals surface area contributed by atoms with Crippen LogP contribution in [0.25, 0.3) is 0 Å². The van der Waals surface area contributed by atoms with Crippen molar-refractivity contribution in [3.63, 3.8) is 0 Å². The van der Waals surface area contributed by atoms with Crippen LogP contribution in [0.4, 0.5) is 4.79 Å². The largest absolute Gasteiger partial charge is 0.367 e. The highest BCUT2D eigenvalue weighted by molar-refractivity contribution is 6.40. The lowest BCUT2D eigenvalue weighted by Gasteiger charge is -2.02. The van der Waals surface area contributed by atoms with Gasteiger partial charge >= 0.3 is 6.03 Å². The molecule has 0 spiro atoms. The normalized spacial score (nSPS) is 14.2. The molecule has 0 unspecified atom stereocenters. The van der Waals surface area contributed by atoms with E-state index in [0.29, 0.717) is 12.3 Å². The number of nitrogens with one attached hydrogen (secondary N) is 1. The summed E-state index contributed by atoms with van der Waals surface area (Å²) < 4.78 is 0. The standard InChI is InChI=1S/C10H15N3O2/c1-2-3-4-5-11-9(14)6-8-7-12-10(15)13-8/h7H,2-6H2,1H3,(H,11,14). The summed E-state index contributed by atoms with van der Waals surface area (Å²) in [6.07, 6.45) is 4.71. The molecule has 82 valence electrons. The molecule has 0 aromatic heterocycles. The Hall–Kier alpha value is -1.52. The lowest BCUT2D eigenvalue weighted by Crippen LogP contribution is -2.26. The predicted molar refractivity (Wildman–Crippen MR) is 58.5 cm³/mol. The summed E-state index contributed by atoms with van der Waals surface area (Å²) in [7, 11) is 0. The molecule has 0 aliphatic carbocycles. The first-order valence-corrected chi connectivity index (χ1v) is 5.14. The zero-order valence-electron chi connectivity index (χ0n) is 8.82. The second-order valence-corrected chi connectivity index (χ2v) is 3.38. The lowest BCUT2D eigenvalue weighted by molar-refractivity contribution is -0.119. The van der Waals surface area contributed by atoms with Gasteiger partial charge in [-0.15, -0.1) is 0 Å². The van der Waals surface area contributed by atoms with Crippen molar-refractivity contribution in [2.24, 2.45) is 9.98 Å². The van der Waals surface area contributed by atoms with E-state index < -0.39 is 6.03 Å².